The van der Waals surface area contributed by atoms with Gasteiger partial charge in [-0.15, -0.1) is 0 Å². The molecular weight excluding hydrogens is 244 g/mol. The van der Waals surface area contributed by atoms with Crippen LogP contribution >= 0.6 is 0 Å². The van der Waals surface area contributed by atoms with E-state index in [0.717, 1.165) is 23.4 Å². The van der Waals surface area contributed by atoms with Gasteiger partial charge in [0.2, 0.25) is 5.91 Å². The largest absolute Gasteiger partial charge is 0.481 e. The highest BCUT2D eigenvalue weighted by Gasteiger charge is 2.46. The molecule has 0 unspecified atom stereocenters. The Kier molecular flexibility index (Phi) is 2.52. The molecule has 1 aliphatic heterocycles. The van der Waals surface area contributed by atoms with Crippen molar-refractivity contribution in [1.29, 1.82) is 0 Å². The molecule has 3 rings (SSSR count). The van der Waals surface area contributed by atoms with Crippen molar-refractivity contribution >= 4 is 23.3 Å². The fraction of sp³-hybridized carbons (Fsp3) is 0.429. The van der Waals surface area contributed by atoms with Crippen molar-refractivity contribution in [2.24, 2.45) is 0 Å². The Hall–Kier alpha value is -2.04. The average molecular weight is 260 g/mol. The molecule has 1 saturated carbocycles. The number of nitrogens with zero attached hydrogens (tertiary/aromatic N) is 1. The van der Waals surface area contributed by atoms with E-state index in [9.17, 15) is 14.7 Å². The summed E-state index contributed by atoms with van der Waals surface area (Å²) in [4.78, 5) is 24.8. The quantitative estimate of drug-likeness (QED) is 0.847. The topological polar surface area (TPSA) is 69.6 Å². The lowest BCUT2D eigenvalue weighted by atomic mass is 9.64. The van der Waals surface area contributed by atoms with Crippen LogP contribution in [-0.2, 0) is 15.0 Å². The highest BCUT2D eigenvalue weighted by molar-refractivity contribution is 6.01. The summed E-state index contributed by atoms with van der Waals surface area (Å²) in [5.74, 6) is -0.791. The lowest BCUT2D eigenvalue weighted by Gasteiger charge is -2.39. The van der Waals surface area contributed by atoms with Crippen LogP contribution in [0.5, 0.6) is 0 Å². The Labute approximate surface area is 111 Å². The van der Waals surface area contributed by atoms with Gasteiger partial charge in [-0.1, -0.05) is 12.5 Å². The monoisotopic (exact) mass is 260 g/mol. The first-order chi connectivity index (χ1) is 9.03. The normalized spacial score (nSPS) is 20.3. The van der Waals surface area contributed by atoms with Crippen LogP contribution in [0.1, 0.15) is 24.8 Å². The first-order valence-corrected chi connectivity index (χ1v) is 6.42. The van der Waals surface area contributed by atoms with E-state index in [4.69, 9.17) is 0 Å². The van der Waals surface area contributed by atoms with E-state index in [0.29, 0.717) is 19.4 Å². The molecule has 5 heteroatoms. The van der Waals surface area contributed by atoms with Crippen LogP contribution in [0.25, 0.3) is 0 Å². The third-order valence-electron chi connectivity index (χ3n) is 4.23. The second kappa shape index (κ2) is 3.98. The zero-order valence-electron chi connectivity index (χ0n) is 10.8. The van der Waals surface area contributed by atoms with Crippen molar-refractivity contribution < 1.29 is 14.7 Å². The van der Waals surface area contributed by atoms with Gasteiger partial charge in [0.15, 0.2) is 0 Å². The molecule has 2 N–H and O–H groups in total. The second-order valence-corrected chi connectivity index (χ2v) is 5.38. The maximum atomic E-state index is 11.5. The van der Waals surface area contributed by atoms with Gasteiger partial charge < -0.3 is 15.3 Å². The molecule has 1 aliphatic carbocycles. The third kappa shape index (κ3) is 1.69. The van der Waals surface area contributed by atoms with Crippen molar-refractivity contribution in [3.63, 3.8) is 0 Å². The molecule has 1 fully saturated rings. The van der Waals surface area contributed by atoms with Crippen molar-refractivity contribution in [3.8, 4) is 0 Å². The van der Waals surface area contributed by atoms with Crippen LogP contribution in [0.2, 0.25) is 0 Å². The summed E-state index contributed by atoms with van der Waals surface area (Å²) in [5.41, 5.74) is 1.76. The summed E-state index contributed by atoms with van der Waals surface area (Å²) in [6.07, 6.45) is 2.34. The van der Waals surface area contributed by atoms with Gasteiger partial charge in [0.25, 0.3) is 0 Å². The van der Waals surface area contributed by atoms with Crippen LogP contribution in [0, 0.1) is 0 Å². The Balaban J connectivity index is 2.04. The number of carbonyl (C=O) groups excluding carboxylic acids is 1. The van der Waals surface area contributed by atoms with Gasteiger partial charge in [0, 0.05) is 7.05 Å². The van der Waals surface area contributed by atoms with Crippen LogP contribution in [0.4, 0.5) is 11.4 Å². The lowest BCUT2D eigenvalue weighted by molar-refractivity contribution is -0.147. The summed E-state index contributed by atoms with van der Waals surface area (Å²) in [7, 11) is 1.84. The van der Waals surface area contributed by atoms with Crippen LogP contribution in [0.3, 0.4) is 0 Å². The number of carbonyl (C=O) groups is 2. The first-order valence-electron chi connectivity index (χ1n) is 6.42. The highest BCUT2D eigenvalue weighted by atomic mass is 16.4. The molecule has 0 bridgehead atoms. The lowest BCUT2D eigenvalue weighted by Crippen LogP contribution is -2.43. The van der Waals surface area contributed by atoms with E-state index in [2.05, 4.69) is 5.32 Å². The molecule has 0 radical (unpaired) electrons. The third-order valence-corrected chi connectivity index (χ3v) is 4.23. The predicted octanol–water partition coefficient (Wildman–Crippen LogP) is 1.58. The number of anilines is 2. The molecule has 1 heterocycles. The summed E-state index contributed by atoms with van der Waals surface area (Å²) in [6, 6.07) is 5.54. The minimum Gasteiger partial charge on any atom is -0.481 e. The predicted molar refractivity (Wildman–Crippen MR) is 71.5 cm³/mol. The summed E-state index contributed by atoms with van der Waals surface area (Å²) < 4.78 is 0. The Morgan fingerprint density at radius 2 is 2.16 bits per heavy atom. The molecule has 1 aromatic rings. The molecule has 1 amide bonds. The van der Waals surface area contributed by atoms with Gasteiger partial charge in [0.1, 0.15) is 0 Å². The molecule has 2 aliphatic rings. The number of likely N-dealkylation sites (N-methyl/N-ethyl adjacent to an activating group) is 1. The van der Waals surface area contributed by atoms with Gasteiger partial charge in [-0.2, -0.15) is 0 Å². The average Bonchev–Trinajstić information content (AvgIpc) is 2.27. The number of amides is 1. The standard InChI is InChI=1S/C14H16N2O3/c1-16-8-12(17)15-10-4-3-9(7-11(10)16)14(13(18)19)5-2-6-14/h3-4,7H,2,5-6,8H2,1H3,(H,15,17)(H,18,19). The summed E-state index contributed by atoms with van der Waals surface area (Å²) >= 11 is 0. The number of hydrogen-bond donors (Lipinski definition) is 2. The SMILES string of the molecule is CN1CC(=O)Nc2ccc(C3(C(=O)O)CCC3)cc21. The zero-order chi connectivity index (χ0) is 13.6. The van der Waals surface area contributed by atoms with Gasteiger partial charge in [-0.05, 0) is 30.5 Å². The number of hydrogen-bond acceptors (Lipinski definition) is 3. The number of carboxylic acid groups (broad SMARTS) is 1. The Morgan fingerprint density at radius 1 is 1.42 bits per heavy atom. The summed E-state index contributed by atoms with van der Waals surface area (Å²) in [6.45, 7) is 0.302. The van der Waals surface area contributed by atoms with Gasteiger partial charge >= 0.3 is 5.97 Å². The van der Waals surface area contributed by atoms with Crippen LogP contribution in [0.15, 0.2) is 18.2 Å². The molecule has 19 heavy (non-hydrogen) atoms. The number of benzene rings is 1. The fourth-order valence-corrected chi connectivity index (χ4v) is 2.90. The molecular formula is C14H16N2O3. The number of rotatable bonds is 2. The van der Waals surface area contributed by atoms with E-state index in [1.54, 1.807) is 6.07 Å². The molecule has 0 saturated heterocycles. The van der Waals surface area contributed by atoms with Crippen molar-refractivity contribution in [2.75, 3.05) is 23.8 Å². The van der Waals surface area contributed by atoms with E-state index >= 15 is 0 Å². The minimum absolute atomic E-state index is 0.0423. The summed E-state index contributed by atoms with van der Waals surface area (Å²) in [5, 5.41) is 12.3. The van der Waals surface area contributed by atoms with Gasteiger partial charge in [0.05, 0.1) is 23.3 Å². The molecule has 5 nitrogen and oxygen atoms in total. The van der Waals surface area contributed by atoms with Crippen LogP contribution in [-0.4, -0.2) is 30.6 Å². The number of fused-ring (bicyclic) bond motifs is 1. The van der Waals surface area contributed by atoms with Gasteiger partial charge in [-0.3, -0.25) is 9.59 Å². The van der Waals surface area contributed by atoms with Crippen molar-refractivity contribution in [2.45, 2.75) is 24.7 Å². The molecule has 0 atom stereocenters. The smallest absolute Gasteiger partial charge is 0.314 e. The number of carboxylic acids is 1. The maximum Gasteiger partial charge on any atom is 0.314 e. The number of nitrogens with one attached hydrogen (secondary N) is 1. The zero-order valence-corrected chi connectivity index (χ0v) is 10.8. The fourth-order valence-electron chi connectivity index (χ4n) is 2.90. The Morgan fingerprint density at radius 3 is 2.74 bits per heavy atom. The Bertz CT molecular complexity index is 564. The molecule has 100 valence electrons. The van der Waals surface area contributed by atoms with Crippen molar-refractivity contribution in [3.05, 3.63) is 23.8 Å². The second-order valence-electron chi connectivity index (χ2n) is 5.38. The van der Waals surface area contributed by atoms with E-state index in [-0.39, 0.29) is 5.91 Å². The maximum absolute atomic E-state index is 11.5. The van der Waals surface area contributed by atoms with E-state index in [1.165, 1.54) is 0 Å². The van der Waals surface area contributed by atoms with E-state index < -0.39 is 11.4 Å². The highest BCUT2D eigenvalue weighted by Crippen LogP contribution is 2.46. The number of aliphatic carboxylic acids is 1. The van der Waals surface area contributed by atoms with Gasteiger partial charge in [-0.25, -0.2) is 0 Å². The molecule has 0 spiro atoms. The molecule has 0 aromatic heterocycles. The van der Waals surface area contributed by atoms with Crippen LogP contribution < -0.4 is 10.2 Å². The minimum atomic E-state index is -0.749. The van der Waals surface area contributed by atoms with E-state index in [1.807, 2.05) is 24.1 Å². The molecule has 1 aromatic carbocycles. The van der Waals surface area contributed by atoms with Crippen molar-refractivity contribution in [1.82, 2.24) is 0 Å². The first kappa shape index (κ1) is 12.0.